The summed E-state index contributed by atoms with van der Waals surface area (Å²) >= 11 is 3.83. The lowest BCUT2D eigenvalue weighted by atomic mass is 9.96. The summed E-state index contributed by atoms with van der Waals surface area (Å²) in [6, 6.07) is 6.55. The highest BCUT2D eigenvalue weighted by Crippen LogP contribution is 2.34. The van der Waals surface area contributed by atoms with E-state index in [4.69, 9.17) is 0 Å². The van der Waals surface area contributed by atoms with E-state index in [0.717, 1.165) is 12.1 Å². The number of benzene rings is 1. The van der Waals surface area contributed by atoms with Crippen molar-refractivity contribution in [2.45, 2.75) is 63.1 Å². The molecule has 2 rings (SSSR count). The maximum absolute atomic E-state index is 11.7. The molecule has 116 valence electrons. The second-order valence-corrected chi connectivity index (χ2v) is 7.12. The Hall–Kier alpha value is -0.830. The average Bonchev–Trinajstić information content (AvgIpc) is 2.50. The first kappa shape index (κ1) is 16.5. The van der Waals surface area contributed by atoms with E-state index in [0.29, 0.717) is 11.2 Å². The molecule has 1 aliphatic rings. The van der Waals surface area contributed by atoms with E-state index in [2.05, 4.69) is 41.1 Å². The number of hydrogen-bond acceptors (Lipinski definition) is 1. The second-order valence-electron chi connectivity index (χ2n) is 6.01. The molecule has 0 aromatic heterocycles. The van der Waals surface area contributed by atoms with E-state index in [9.17, 15) is 4.79 Å². The van der Waals surface area contributed by atoms with Crippen LogP contribution in [0, 0.1) is 0 Å². The molecule has 1 unspecified atom stereocenters. The number of anilines is 1. The molecule has 21 heavy (non-hydrogen) atoms. The predicted molar refractivity (Wildman–Crippen MR) is 93.2 cm³/mol. The van der Waals surface area contributed by atoms with Crippen LogP contribution in [0.5, 0.6) is 0 Å². The van der Waals surface area contributed by atoms with E-state index in [1.54, 1.807) is 4.90 Å². The third kappa shape index (κ3) is 4.32. The quantitative estimate of drug-likeness (QED) is 0.476. The number of aryl methyl sites for hydroxylation is 1. The van der Waals surface area contributed by atoms with E-state index in [1.165, 1.54) is 49.7 Å². The molecule has 0 fully saturated rings. The Morgan fingerprint density at radius 2 is 1.95 bits per heavy atom. The zero-order valence-corrected chi connectivity index (χ0v) is 14.8. The van der Waals surface area contributed by atoms with Crippen molar-refractivity contribution in [3.8, 4) is 0 Å². The molecular weight excluding hydrogens is 326 g/mol. The first-order valence-corrected chi connectivity index (χ1v) is 9.08. The molecule has 2 nitrogen and oxygen atoms in total. The van der Waals surface area contributed by atoms with Gasteiger partial charge in [-0.3, -0.25) is 4.79 Å². The summed E-state index contributed by atoms with van der Waals surface area (Å²) in [5.41, 5.74) is 3.75. The molecule has 0 saturated carbocycles. The topological polar surface area (TPSA) is 20.3 Å². The zero-order valence-electron chi connectivity index (χ0n) is 13.2. The number of nitrogens with zero attached hydrogens (tertiary/aromatic N) is 1. The van der Waals surface area contributed by atoms with Gasteiger partial charge in [0, 0.05) is 24.0 Å². The molecule has 1 atom stereocenters. The summed E-state index contributed by atoms with van der Waals surface area (Å²) in [6.45, 7) is 2.25. The van der Waals surface area contributed by atoms with Gasteiger partial charge in [-0.05, 0) is 30.0 Å². The molecule has 1 aliphatic heterocycles. The maximum Gasteiger partial charge on any atom is 0.227 e. The third-order valence-electron chi connectivity index (χ3n) is 4.37. The fourth-order valence-corrected chi connectivity index (χ4v) is 3.57. The van der Waals surface area contributed by atoms with Crippen molar-refractivity contribution in [1.29, 1.82) is 0 Å². The lowest BCUT2D eigenvalue weighted by Crippen LogP contribution is -2.31. The van der Waals surface area contributed by atoms with Gasteiger partial charge in [0.1, 0.15) is 0 Å². The van der Waals surface area contributed by atoms with Crippen molar-refractivity contribution in [2.75, 3.05) is 11.9 Å². The van der Waals surface area contributed by atoms with Crippen LogP contribution in [-0.4, -0.2) is 13.0 Å². The SMILES string of the molecule is CCCCCCCC(Br)c1ccc2c(c1)CCC(=O)N2C. The number of hydrogen-bond donors (Lipinski definition) is 0. The van der Waals surface area contributed by atoms with E-state index in [-0.39, 0.29) is 5.91 Å². The van der Waals surface area contributed by atoms with Crippen LogP contribution in [0.25, 0.3) is 0 Å². The van der Waals surface area contributed by atoms with Crippen molar-refractivity contribution in [3.63, 3.8) is 0 Å². The van der Waals surface area contributed by atoms with Gasteiger partial charge in [-0.15, -0.1) is 0 Å². The largest absolute Gasteiger partial charge is 0.315 e. The molecule has 3 heteroatoms. The van der Waals surface area contributed by atoms with Gasteiger partial charge in [-0.25, -0.2) is 0 Å². The molecule has 1 aromatic rings. The van der Waals surface area contributed by atoms with Crippen LogP contribution in [0.2, 0.25) is 0 Å². The highest BCUT2D eigenvalue weighted by atomic mass is 79.9. The van der Waals surface area contributed by atoms with E-state index in [1.807, 2.05) is 7.05 Å². The second kappa shape index (κ2) is 7.98. The molecule has 0 bridgehead atoms. The molecule has 0 saturated heterocycles. The number of halogens is 1. The first-order chi connectivity index (χ1) is 10.1. The number of carbonyl (C=O) groups excluding carboxylic acids is 1. The van der Waals surface area contributed by atoms with Crippen molar-refractivity contribution >= 4 is 27.5 Å². The molecule has 0 aliphatic carbocycles. The average molecular weight is 352 g/mol. The van der Waals surface area contributed by atoms with Crippen LogP contribution < -0.4 is 4.90 Å². The number of carbonyl (C=O) groups is 1. The van der Waals surface area contributed by atoms with Crippen molar-refractivity contribution in [3.05, 3.63) is 29.3 Å². The van der Waals surface area contributed by atoms with Gasteiger partial charge in [0.2, 0.25) is 5.91 Å². The number of fused-ring (bicyclic) bond motifs is 1. The van der Waals surface area contributed by atoms with Gasteiger partial charge < -0.3 is 4.90 Å². The number of alkyl halides is 1. The van der Waals surface area contributed by atoms with Crippen LogP contribution in [0.15, 0.2) is 18.2 Å². The normalized spacial score (nSPS) is 16.0. The molecule has 0 N–H and O–H groups in total. The van der Waals surface area contributed by atoms with Crippen molar-refractivity contribution in [1.82, 2.24) is 0 Å². The minimum Gasteiger partial charge on any atom is -0.315 e. The van der Waals surface area contributed by atoms with E-state index >= 15 is 0 Å². The number of unbranched alkanes of at least 4 members (excludes halogenated alkanes) is 4. The third-order valence-corrected chi connectivity index (χ3v) is 5.36. The zero-order chi connectivity index (χ0) is 15.2. The molecule has 0 spiro atoms. The summed E-state index contributed by atoms with van der Waals surface area (Å²) in [5, 5.41) is 0. The number of rotatable bonds is 7. The Bertz CT molecular complexity index is 486. The summed E-state index contributed by atoms with van der Waals surface area (Å²) in [7, 11) is 1.87. The Kier molecular flexibility index (Phi) is 6.28. The first-order valence-electron chi connectivity index (χ1n) is 8.17. The molecular formula is C18H26BrNO. The Labute approximate surface area is 137 Å². The van der Waals surface area contributed by atoms with Gasteiger partial charge in [0.25, 0.3) is 0 Å². The van der Waals surface area contributed by atoms with Gasteiger partial charge >= 0.3 is 0 Å². The smallest absolute Gasteiger partial charge is 0.227 e. The standard InChI is InChI=1S/C18H26BrNO/c1-3-4-5-6-7-8-16(19)14-9-11-17-15(13-14)10-12-18(21)20(17)2/h9,11,13,16H,3-8,10,12H2,1-2H3. The summed E-state index contributed by atoms with van der Waals surface area (Å²) in [5.74, 6) is 0.224. The molecule has 1 aromatic carbocycles. The fraction of sp³-hybridized carbons (Fsp3) is 0.611. The van der Waals surface area contributed by atoms with Crippen LogP contribution in [0.4, 0.5) is 5.69 Å². The molecule has 1 amide bonds. The number of amides is 1. The minimum absolute atomic E-state index is 0.224. The fourth-order valence-electron chi connectivity index (χ4n) is 2.97. The van der Waals surface area contributed by atoms with Crippen molar-refractivity contribution in [2.24, 2.45) is 0 Å². The summed E-state index contributed by atoms with van der Waals surface area (Å²) in [6.07, 6.45) is 9.33. The highest BCUT2D eigenvalue weighted by Gasteiger charge is 2.21. The van der Waals surface area contributed by atoms with Gasteiger partial charge in [-0.2, -0.15) is 0 Å². The van der Waals surface area contributed by atoms with Crippen LogP contribution in [0.1, 0.15) is 67.8 Å². The Morgan fingerprint density at radius 1 is 1.19 bits per heavy atom. The Balaban J connectivity index is 1.93. The lowest BCUT2D eigenvalue weighted by Gasteiger charge is -2.26. The van der Waals surface area contributed by atoms with Gasteiger partial charge in [0.05, 0.1) is 0 Å². The van der Waals surface area contributed by atoms with Gasteiger partial charge in [-0.1, -0.05) is 67.1 Å². The molecule has 0 radical (unpaired) electrons. The van der Waals surface area contributed by atoms with Crippen molar-refractivity contribution < 1.29 is 4.79 Å². The van der Waals surface area contributed by atoms with E-state index < -0.39 is 0 Å². The maximum atomic E-state index is 11.7. The van der Waals surface area contributed by atoms with Crippen LogP contribution >= 0.6 is 15.9 Å². The monoisotopic (exact) mass is 351 g/mol. The summed E-state index contributed by atoms with van der Waals surface area (Å²) in [4.78, 5) is 13.9. The highest BCUT2D eigenvalue weighted by molar-refractivity contribution is 9.09. The Morgan fingerprint density at radius 3 is 2.71 bits per heavy atom. The minimum atomic E-state index is 0.224. The van der Waals surface area contributed by atoms with Crippen LogP contribution in [-0.2, 0) is 11.2 Å². The van der Waals surface area contributed by atoms with Crippen LogP contribution in [0.3, 0.4) is 0 Å². The summed E-state index contributed by atoms with van der Waals surface area (Å²) < 4.78 is 0. The van der Waals surface area contributed by atoms with Gasteiger partial charge in [0.15, 0.2) is 0 Å². The lowest BCUT2D eigenvalue weighted by molar-refractivity contribution is -0.118. The predicted octanol–water partition coefficient (Wildman–Crippen LogP) is 5.39. The molecule has 1 heterocycles.